The summed E-state index contributed by atoms with van der Waals surface area (Å²) in [4.78, 5) is 19.0. The van der Waals surface area contributed by atoms with Gasteiger partial charge in [0.1, 0.15) is 5.82 Å². The fraction of sp³-hybridized carbons (Fsp3) is 0.765. The summed E-state index contributed by atoms with van der Waals surface area (Å²) in [5, 5.41) is 3.32. The van der Waals surface area contributed by atoms with Gasteiger partial charge in [-0.15, -0.1) is 0 Å². The molecule has 1 aromatic heterocycles. The highest BCUT2D eigenvalue weighted by Crippen LogP contribution is 2.27. The van der Waals surface area contributed by atoms with Crippen LogP contribution in [0.5, 0.6) is 0 Å². The molecule has 1 aliphatic heterocycles. The first-order valence-electron chi connectivity index (χ1n) is 8.66. The highest BCUT2D eigenvalue weighted by Gasteiger charge is 2.29. The number of carbonyl (C=O) groups excluding carboxylic acids is 1. The van der Waals surface area contributed by atoms with Gasteiger partial charge in [-0.1, -0.05) is 13.8 Å². The molecule has 1 amide bonds. The molecule has 1 atom stereocenters. The van der Waals surface area contributed by atoms with Gasteiger partial charge in [-0.05, 0) is 38.1 Å². The van der Waals surface area contributed by atoms with Crippen LogP contribution in [0.1, 0.15) is 51.3 Å². The van der Waals surface area contributed by atoms with Crippen LogP contribution >= 0.6 is 0 Å². The molecule has 5 nitrogen and oxygen atoms in total. The van der Waals surface area contributed by atoms with Crippen LogP contribution in [0.4, 0.5) is 0 Å². The number of aromatic nitrogens is 2. The second kappa shape index (κ2) is 6.82. The number of nitrogens with one attached hydrogen (secondary N) is 1. The molecule has 3 rings (SSSR count). The van der Waals surface area contributed by atoms with E-state index in [-0.39, 0.29) is 5.91 Å². The van der Waals surface area contributed by atoms with Crippen LogP contribution in [0.25, 0.3) is 0 Å². The molecule has 22 heavy (non-hydrogen) atoms. The Hall–Kier alpha value is -1.36. The minimum atomic E-state index is 0.259. The van der Waals surface area contributed by atoms with Crippen LogP contribution in [-0.2, 0) is 11.3 Å². The third-order valence-electron chi connectivity index (χ3n) is 4.78. The maximum atomic E-state index is 12.4. The number of hydrogen-bond donors (Lipinski definition) is 1. The van der Waals surface area contributed by atoms with E-state index in [1.807, 2.05) is 12.4 Å². The monoisotopic (exact) mass is 304 g/mol. The van der Waals surface area contributed by atoms with Crippen LogP contribution in [0.2, 0.25) is 0 Å². The smallest absolute Gasteiger partial charge is 0.236 e. The number of carbonyl (C=O) groups is 1. The molecule has 0 spiro atoms. The van der Waals surface area contributed by atoms with E-state index < -0.39 is 0 Å². The van der Waals surface area contributed by atoms with E-state index in [2.05, 4.69) is 33.6 Å². The first-order chi connectivity index (χ1) is 10.6. The van der Waals surface area contributed by atoms with Crippen molar-refractivity contribution < 1.29 is 4.79 Å². The molecule has 122 valence electrons. The van der Waals surface area contributed by atoms with Crippen molar-refractivity contribution in [1.82, 2.24) is 19.8 Å². The van der Waals surface area contributed by atoms with Gasteiger partial charge in [0.25, 0.3) is 0 Å². The minimum absolute atomic E-state index is 0.259. The van der Waals surface area contributed by atoms with E-state index in [4.69, 9.17) is 0 Å². The second-order valence-corrected chi connectivity index (χ2v) is 7.05. The maximum Gasteiger partial charge on any atom is 0.236 e. The molecular formula is C17H28N4O. The molecule has 1 N–H and O–H groups in total. The van der Waals surface area contributed by atoms with Gasteiger partial charge in [0.05, 0.1) is 6.54 Å². The summed E-state index contributed by atoms with van der Waals surface area (Å²) in [6.45, 7) is 7.61. The van der Waals surface area contributed by atoms with Gasteiger partial charge in [0.2, 0.25) is 5.91 Å². The average molecular weight is 304 g/mol. The standard InChI is InChI=1S/C17H28N4O/c1-13(2)17-19-7-9-20(17)12-15-4-3-8-21(15)16(22)11-18-10-14-5-6-14/h7,9,13-15,18H,3-6,8,10-12H2,1-2H3. The fourth-order valence-corrected chi connectivity index (χ4v) is 3.36. The highest BCUT2D eigenvalue weighted by molar-refractivity contribution is 5.78. The van der Waals surface area contributed by atoms with Gasteiger partial charge in [0.15, 0.2) is 0 Å². The molecule has 0 aromatic carbocycles. The van der Waals surface area contributed by atoms with Crippen molar-refractivity contribution in [2.45, 2.75) is 58.0 Å². The Balaban J connectivity index is 1.55. The largest absolute Gasteiger partial charge is 0.337 e. The number of likely N-dealkylation sites (tertiary alicyclic amines) is 1. The summed E-state index contributed by atoms with van der Waals surface area (Å²) in [6.07, 6.45) is 8.78. The van der Waals surface area contributed by atoms with E-state index in [0.29, 0.717) is 18.5 Å². The van der Waals surface area contributed by atoms with E-state index >= 15 is 0 Å². The highest BCUT2D eigenvalue weighted by atomic mass is 16.2. The Bertz CT molecular complexity index is 507. The second-order valence-electron chi connectivity index (χ2n) is 7.05. The average Bonchev–Trinajstić information content (AvgIpc) is 3.00. The third kappa shape index (κ3) is 3.69. The van der Waals surface area contributed by atoms with Crippen LogP contribution in [0.15, 0.2) is 12.4 Å². The van der Waals surface area contributed by atoms with E-state index in [1.54, 1.807) is 0 Å². The van der Waals surface area contributed by atoms with E-state index in [0.717, 1.165) is 44.2 Å². The summed E-state index contributed by atoms with van der Waals surface area (Å²) in [7, 11) is 0. The Labute approximate surface area is 133 Å². The van der Waals surface area contributed by atoms with Crippen LogP contribution in [0, 0.1) is 5.92 Å². The van der Waals surface area contributed by atoms with Gasteiger partial charge in [-0.2, -0.15) is 0 Å². The van der Waals surface area contributed by atoms with Crippen LogP contribution in [0.3, 0.4) is 0 Å². The number of nitrogens with zero attached hydrogens (tertiary/aromatic N) is 3. The summed E-state index contributed by atoms with van der Waals surface area (Å²) in [5.74, 6) is 2.61. The topological polar surface area (TPSA) is 50.2 Å². The first-order valence-corrected chi connectivity index (χ1v) is 8.66. The lowest BCUT2D eigenvalue weighted by molar-refractivity contribution is -0.131. The normalized spacial score (nSPS) is 21.8. The zero-order valence-corrected chi connectivity index (χ0v) is 13.8. The summed E-state index contributed by atoms with van der Waals surface area (Å²) >= 11 is 0. The molecule has 1 unspecified atom stereocenters. The van der Waals surface area contributed by atoms with Gasteiger partial charge in [0, 0.05) is 37.4 Å². The lowest BCUT2D eigenvalue weighted by atomic mass is 10.2. The van der Waals surface area contributed by atoms with Crippen molar-refractivity contribution in [3.63, 3.8) is 0 Å². The predicted octanol–water partition coefficient (Wildman–Crippen LogP) is 2.00. The Morgan fingerprint density at radius 2 is 2.23 bits per heavy atom. The van der Waals surface area contributed by atoms with Gasteiger partial charge in [-0.25, -0.2) is 4.98 Å². The fourth-order valence-electron chi connectivity index (χ4n) is 3.36. The lowest BCUT2D eigenvalue weighted by Gasteiger charge is -2.26. The van der Waals surface area contributed by atoms with E-state index in [1.165, 1.54) is 12.8 Å². The Morgan fingerprint density at radius 3 is 2.95 bits per heavy atom. The first kappa shape index (κ1) is 15.5. The third-order valence-corrected chi connectivity index (χ3v) is 4.78. The van der Waals surface area contributed by atoms with Crippen LogP contribution in [-0.4, -0.2) is 46.0 Å². The van der Waals surface area contributed by atoms with E-state index in [9.17, 15) is 4.79 Å². The molecule has 1 aromatic rings. The van der Waals surface area contributed by atoms with Crippen molar-refractivity contribution in [2.75, 3.05) is 19.6 Å². The number of rotatable bonds is 7. The van der Waals surface area contributed by atoms with Crippen molar-refractivity contribution in [2.24, 2.45) is 5.92 Å². The molecule has 0 radical (unpaired) electrons. The molecule has 0 bridgehead atoms. The number of amides is 1. The molecular weight excluding hydrogens is 276 g/mol. The predicted molar refractivity (Wildman–Crippen MR) is 86.6 cm³/mol. The van der Waals surface area contributed by atoms with Crippen molar-refractivity contribution in [3.05, 3.63) is 18.2 Å². The van der Waals surface area contributed by atoms with Gasteiger partial charge in [-0.3, -0.25) is 4.79 Å². The Morgan fingerprint density at radius 1 is 1.41 bits per heavy atom. The summed E-state index contributed by atoms with van der Waals surface area (Å²) in [5.41, 5.74) is 0. The Kier molecular flexibility index (Phi) is 4.81. The molecule has 1 saturated heterocycles. The van der Waals surface area contributed by atoms with Crippen molar-refractivity contribution in [3.8, 4) is 0 Å². The molecule has 1 aliphatic carbocycles. The maximum absolute atomic E-state index is 12.4. The molecule has 2 aliphatic rings. The lowest BCUT2D eigenvalue weighted by Crippen LogP contribution is -2.43. The minimum Gasteiger partial charge on any atom is -0.337 e. The zero-order valence-electron chi connectivity index (χ0n) is 13.8. The van der Waals surface area contributed by atoms with Gasteiger partial charge >= 0.3 is 0 Å². The molecule has 5 heteroatoms. The van der Waals surface area contributed by atoms with Crippen molar-refractivity contribution in [1.29, 1.82) is 0 Å². The quantitative estimate of drug-likeness (QED) is 0.838. The molecule has 2 fully saturated rings. The van der Waals surface area contributed by atoms with Crippen molar-refractivity contribution >= 4 is 5.91 Å². The van der Waals surface area contributed by atoms with Gasteiger partial charge < -0.3 is 14.8 Å². The summed E-state index contributed by atoms with van der Waals surface area (Å²) < 4.78 is 2.22. The number of hydrogen-bond acceptors (Lipinski definition) is 3. The molecule has 2 heterocycles. The number of imidazole rings is 1. The molecule has 1 saturated carbocycles. The summed E-state index contributed by atoms with van der Waals surface area (Å²) in [6, 6.07) is 0.321. The van der Waals surface area contributed by atoms with Crippen LogP contribution < -0.4 is 5.32 Å². The zero-order chi connectivity index (χ0) is 15.5. The SMILES string of the molecule is CC(C)c1nccn1CC1CCCN1C(=O)CNCC1CC1.